The van der Waals surface area contributed by atoms with Crippen molar-refractivity contribution in [3.8, 4) is 5.75 Å². The van der Waals surface area contributed by atoms with Crippen molar-refractivity contribution in [2.75, 3.05) is 37.6 Å². The zero-order valence-corrected chi connectivity index (χ0v) is 14.6. The Kier molecular flexibility index (Phi) is 4.59. The van der Waals surface area contributed by atoms with E-state index in [1.54, 1.807) is 0 Å². The molecule has 2 aromatic rings. The highest BCUT2D eigenvalue weighted by Gasteiger charge is 2.23. The normalized spacial score (nSPS) is 21.7. The molecule has 2 aliphatic rings. The molecular formula is C20H25N3O2. The SMILES string of the molecule is CC1Cc2cc(C(O)CN3CCN(c4ccccn4)CC3)ccc2O1. The van der Waals surface area contributed by atoms with E-state index in [-0.39, 0.29) is 6.10 Å². The number of hydrogen-bond acceptors (Lipinski definition) is 5. The van der Waals surface area contributed by atoms with Gasteiger partial charge in [-0.3, -0.25) is 4.90 Å². The highest BCUT2D eigenvalue weighted by molar-refractivity contribution is 5.41. The highest BCUT2D eigenvalue weighted by Crippen LogP contribution is 2.31. The van der Waals surface area contributed by atoms with Crippen molar-refractivity contribution in [3.63, 3.8) is 0 Å². The molecule has 4 rings (SSSR count). The van der Waals surface area contributed by atoms with Crippen molar-refractivity contribution in [2.24, 2.45) is 0 Å². The van der Waals surface area contributed by atoms with Gasteiger partial charge in [0.2, 0.25) is 0 Å². The van der Waals surface area contributed by atoms with Crippen LogP contribution in [0.15, 0.2) is 42.6 Å². The molecule has 2 atom stereocenters. The number of ether oxygens (including phenoxy) is 1. The first-order valence-electron chi connectivity index (χ1n) is 9.05. The molecule has 1 saturated heterocycles. The Morgan fingerprint density at radius 2 is 2.04 bits per heavy atom. The van der Waals surface area contributed by atoms with Gasteiger partial charge < -0.3 is 14.7 Å². The zero-order chi connectivity index (χ0) is 17.2. The minimum absolute atomic E-state index is 0.238. The van der Waals surface area contributed by atoms with Gasteiger partial charge in [-0.05, 0) is 42.3 Å². The molecule has 3 heterocycles. The van der Waals surface area contributed by atoms with Gasteiger partial charge in [0.15, 0.2) is 0 Å². The van der Waals surface area contributed by atoms with Crippen LogP contribution in [0.2, 0.25) is 0 Å². The molecule has 25 heavy (non-hydrogen) atoms. The Morgan fingerprint density at radius 3 is 2.80 bits per heavy atom. The largest absolute Gasteiger partial charge is 0.490 e. The Bertz CT molecular complexity index is 714. The summed E-state index contributed by atoms with van der Waals surface area (Å²) in [4.78, 5) is 9.05. The molecule has 0 amide bonds. The van der Waals surface area contributed by atoms with Gasteiger partial charge >= 0.3 is 0 Å². The number of aliphatic hydroxyl groups excluding tert-OH is 1. The molecule has 2 unspecified atom stereocenters. The van der Waals surface area contributed by atoms with Crippen LogP contribution in [0.3, 0.4) is 0 Å². The molecule has 0 saturated carbocycles. The van der Waals surface area contributed by atoms with Crippen molar-refractivity contribution in [2.45, 2.75) is 25.6 Å². The summed E-state index contributed by atoms with van der Waals surface area (Å²) in [7, 11) is 0. The van der Waals surface area contributed by atoms with E-state index in [4.69, 9.17) is 4.74 Å². The minimum Gasteiger partial charge on any atom is -0.490 e. The molecule has 1 N–H and O–H groups in total. The second-order valence-corrected chi connectivity index (χ2v) is 6.99. The second-order valence-electron chi connectivity index (χ2n) is 6.99. The summed E-state index contributed by atoms with van der Waals surface area (Å²) in [6.45, 7) is 6.53. The molecule has 1 aromatic carbocycles. The molecule has 0 bridgehead atoms. The molecule has 0 aliphatic carbocycles. The fraction of sp³-hybridized carbons (Fsp3) is 0.450. The lowest BCUT2D eigenvalue weighted by Gasteiger charge is -2.36. The van der Waals surface area contributed by atoms with Crippen LogP contribution in [0, 0.1) is 0 Å². The van der Waals surface area contributed by atoms with Crippen LogP contribution in [0.4, 0.5) is 5.82 Å². The molecule has 0 radical (unpaired) electrons. The summed E-state index contributed by atoms with van der Waals surface area (Å²) < 4.78 is 5.74. The summed E-state index contributed by atoms with van der Waals surface area (Å²) in [5, 5.41) is 10.6. The predicted molar refractivity (Wildman–Crippen MR) is 98.1 cm³/mol. The van der Waals surface area contributed by atoms with E-state index in [0.29, 0.717) is 6.54 Å². The van der Waals surface area contributed by atoms with Gasteiger partial charge in [-0.25, -0.2) is 4.98 Å². The van der Waals surface area contributed by atoms with Crippen molar-refractivity contribution in [3.05, 3.63) is 53.7 Å². The lowest BCUT2D eigenvalue weighted by atomic mass is 10.0. The molecule has 2 aliphatic heterocycles. The molecule has 5 nitrogen and oxygen atoms in total. The smallest absolute Gasteiger partial charge is 0.128 e. The molecule has 132 valence electrons. The molecule has 1 fully saturated rings. The maximum Gasteiger partial charge on any atom is 0.128 e. The number of hydrogen-bond donors (Lipinski definition) is 1. The summed E-state index contributed by atoms with van der Waals surface area (Å²) in [5.74, 6) is 2.00. The number of nitrogens with zero attached hydrogens (tertiary/aromatic N) is 3. The second kappa shape index (κ2) is 7.02. The van der Waals surface area contributed by atoms with E-state index in [0.717, 1.165) is 49.7 Å². The number of aromatic nitrogens is 1. The molecule has 5 heteroatoms. The summed E-state index contributed by atoms with van der Waals surface area (Å²) in [5.41, 5.74) is 2.20. The summed E-state index contributed by atoms with van der Waals surface area (Å²) in [6.07, 6.45) is 2.55. The monoisotopic (exact) mass is 339 g/mol. The molecular weight excluding hydrogens is 314 g/mol. The number of piperazine rings is 1. The van der Waals surface area contributed by atoms with Crippen LogP contribution in [-0.2, 0) is 6.42 Å². The number of β-amino-alcohol motifs (C(OH)–C–C–N with tert-alkyl or cyclic N) is 1. The van der Waals surface area contributed by atoms with Crippen molar-refractivity contribution in [1.29, 1.82) is 0 Å². The average molecular weight is 339 g/mol. The van der Waals surface area contributed by atoms with Crippen LogP contribution in [-0.4, -0.2) is 53.8 Å². The predicted octanol–water partition coefficient (Wildman–Crippen LogP) is 2.26. The standard InChI is InChI=1S/C20H25N3O2/c1-15-12-17-13-16(5-6-19(17)25-15)18(24)14-22-8-10-23(11-9-22)20-4-2-3-7-21-20/h2-7,13,15,18,24H,8-12,14H2,1H3. The Labute approximate surface area is 148 Å². The van der Waals surface area contributed by atoms with Gasteiger partial charge in [0.25, 0.3) is 0 Å². The lowest BCUT2D eigenvalue weighted by Crippen LogP contribution is -2.47. The number of aliphatic hydroxyl groups is 1. The Balaban J connectivity index is 1.33. The van der Waals surface area contributed by atoms with Crippen LogP contribution < -0.4 is 9.64 Å². The highest BCUT2D eigenvalue weighted by atomic mass is 16.5. The van der Waals surface area contributed by atoms with E-state index in [9.17, 15) is 5.11 Å². The van der Waals surface area contributed by atoms with Crippen molar-refractivity contribution >= 4 is 5.82 Å². The van der Waals surface area contributed by atoms with Crippen LogP contribution in [0.25, 0.3) is 0 Å². The maximum absolute atomic E-state index is 10.6. The molecule has 1 aromatic heterocycles. The van der Waals surface area contributed by atoms with Crippen LogP contribution in [0.1, 0.15) is 24.2 Å². The fourth-order valence-electron chi connectivity index (χ4n) is 3.70. The number of pyridine rings is 1. The summed E-state index contributed by atoms with van der Waals surface area (Å²) >= 11 is 0. The average Bonchev–Trinajstić information content (AvgIpc) is 3.02. The third kappa shape index (κ3) is 3.62. The van der Waals surface area contributed by atoms with Crippen molar-refractivity contribution in [1.82, 2.24) is 9.88 Å². The zero-order valence-electron chi connectivity index (χ0n) is 14.6. The lowest BCUT2D eigenvalue weighted by molar-refractivity contribution is 0.109. The number of fused-ring (bicyclic) bond motifs is 1. The van der Waals surface area contributed by atoms with E-state index in [1.165, 1.54) is 5.56 Å². The molecule has 0 spiro atoms. The van der Waals surface area contributed by atoms with Crippen molar-refractivity contribution < 1.29 is 9.84 Å². The van der Waals surface area contributed by atoms with Gasteiger partial charge in [-0.15, -0.1) is 0 Å². The number of rotatable bonds is 4. The van der Waals surface area contributed by atoms with Gasteiger partial charge in [-0.1, -0.05) is 12.1 Å². The van der Waals surface area contributed by atoms with Gasteiger partial charge in [0.05, 0.1) is 6.10 Å². The van der Waals surface area contributed by atoms with E-state index in [1.807, 2.05) is 30.5 Å². The summed E-state index contributed by atoms with van der Waals surface area (Å²) in [6, 6.07) is 12.1. The van der Waals surface area contributed by atoms with Gasteiger partial charge in [0.1, 0.15) is 17.7 Å². The van der Waals surface area contributed by atoms with Gasteiger partial charge in [0, 0.05) is 45.3 Å². The minimum atomic E-state index is -0.456. The third-order valence-corrected chi connectivity index (χ3v) is 5.08. The Hall–Kier alpha value is -2.11. The maximum atomic E-state index is 10.6. The van der Waals surface area contributed by atoms with Gasteiger partial charge in [-0.2, -0.15) is 0 Å². The topological polar surface area (TPSA) is 48.8 Å². The fourth-order valence-corrected chi connectivity index (χ4v) is 3.70. The third-order valence-electron chi connectivity index (χ3n) is 5.08. The first-order valence-corrected chi connectivity index (χ1v) is 9.05. The number of benzene rings is 1. The van der Waals surface area contributed by atoms with E-state index < -0.39 is 6.10 Å². The first kappa shape index (κ1) is 16.4. The van der Waals surface area contributed by atoms with E-state index in [2.05, 4.69) is 33.8 Å². The van der Waals surface area contributed by atoms with Crippen LogP contribution in [0.5, 0.6) is 5.75 Å². The van der Waals surface area contributed by atoms with E-state index >= 15 is 0 Å². The Morgan fingerprint density at radius 1 is 1.20 bits per heavy atom. The quantitative estimate of drug-likeness (QED) is 0.926. The van der Waals surface area contributed by atoms with Crippen LogP contribution >= 0.6 is 0 Å². The first-order chi connectivity index (χ1) is 12.2. The number of anilines is 1.